The smallest absolute Gasteiger partial charge is 0.407 e. The molecule has 168 valence electrons. The summed E-state index contributed by atoms with van der Waals surface area (Å²) >= 11 is 6.00. The number of sulfone groups is 1. The van der Waals surface area contributed by atoms with Gasteiger partial charge in [0.05, 0.1) is 16.3 Å². The summed E-state index contributed by atoms with van der Waals surface area (Å²) in [5, 5.41) is 11.2. The summed E-state index contributed by atoms with van der Waals surface area (Å²) in [6, 6.07) is 13.5. The highest BCUT2D eigenvalue weighted by Crippen LogP contribution is 2.25. The van der Waals surface area contributed by atoms with Crippen molar-refractivity contribution in [2.24, 2.45) is 5.92 Å². The van der Waals surface area contributed by atoms with Gasteiger partial charge in [0, 0.05) is 30.2 Å². The predicted molar refractivity (Wildman–Crippen MR) is 121 cm³/mol. The minimum atomic E-state index is -3.66. The van der Waals surface area contributed by atoms with Gasteiger partial charge in [-0.05, 0) is 60.0 Å². The minimum Gasteiger partial charge on any atom is -0.465 e. The second kappa shape index (κ2) is 8.84. The normalized spacial score (nSPS) is 15.1. The fourth-order valence-corrected chi connectivity index (χ4v) is 5.41. The molecule has 0 unspecified atom stereocenters. The molecular weight excluding hydrogens is 454 g/mol. The van der Waals surface area contributed by atoms with Crippen molar-refractivity contribution >= 4 is 44.2 Å². The number of hydrogen-bond acceptors (Lipinski definition) is 4. The first-order chi connectivity index (χ1) is 15.2. The number of halogens is 1. The van der Waals surface area contributed by atoms with E-state index in [1.807, 2.05) is 0 Å². The quantitative estimate of drug-likeness (QED) is 0.584. The van der Waals surface area contributed by atoms with Crippen LogP contribution >= 0.6 is 11.6 Å². The second-order valence-corrected chi connectivity index (χ2v) is 10.2. The molecule has 0 radical (unpaired) electrons. The number of likely N-dealkylation sites (tertiary alicyclic amines) is 1. The predicted octanol–water partition coefficient (Wildman–Crippen LogP) is 3.73. The fraction of sp³-hybridized carbons (Fsp3) is 0.273. The summed E-state index contributed by atoms with van der Waals surface area (Å²) in [6.45, 7) is 0.598. The van der Waals surface area contributed by atoms with Gasteiger partial charge in [-0.3, -0.25) is 14.9 Å². The average Bonchev–Trinajstić information content (AvgIpc) is 3.19. The van der Waals surface area contributed by atoms with Crippen molar-refractivity contribution in [3.8, 4) is 0 Å². The molecule has 2 heterocycles. The summed E-state index contributed by atoms with van der Waals surface area (Å²) in [6.07, 6.45) is 1.46. The first kappa shape index (κ1) is 22.2. The summed E-state index contributed by atoms with van der Waals surface area (Å²) < 4.78 is 27.5. The molecule has 2 N–H and O–H groups in total. The zero-order valence-corrected chi connectivity index (χ0v) is 18.6. The molecule has 8 nitrogen and oxygen atoms in total. The Labute approximate surface area is 190 Å². The molecule has 10 heteroatoms. The third-order valence-electron chi connectivity index (χ3n) is 5.67. The Kier molecular flexibility index (Phi) is 6.12. The van der Waals surface area contributed by atoms with Gasteiger partial charge in [-0.25, -0.2) is 13.2 Å². The Bertz CT molecular complexity index is 1280. The molecule has 2 amide bonds. The maximum atomic E-state index is 13.0. The van der Waals surface area contributed by atoms with Crippen LogP contribution in [0.15, 0.2) is 59.6 Å². The zero-order valence-electron chi connectivity index (χ0n) is 17.1. The number of aromatic nitrogens is 1. The highest BCUT2D eigenvalue weighted by molar-refractivity contribution is 7.90. The fourth-order valence-electron chi connectivity index (χ4n) is 3.85. The van der Waals surface area contributed by atoms with E-state index in [1.54, 1.807) is 54.7 Å². The number of carboxylic acid groups (broad SMARTS) is 1. The Morgan fingerprint density at radius 1 is 1.06 bits per heavy atom. The van der Waals surface area contributed by atoms with Crippen molar-refractivity contribution in [1.82, 2.24) is 9.58 Å². The van der Waals surface area contributed by atoms with Crippen molar-refractivity contribution in [3.63, 3.8) is 0 Å². The SMILES string of the molecule is O=C(Nn1cccc1CS(=O)(=O)c1ccc2cc(Cl)ccc2c1)C1CCN(C(=O)O)CC1. The van der Waals surface area contributed by atoms with Gasteiger partial charge in [-0.15, -0.1) is 0 Å². The van der Waals surface area contributed by atoms with Crippen molar-refractivity contribution < 1.29 is 23.1 Å². The number of piperidine rings is 1. The summed E-state index contributed by atoms with van der Waals surface area (Å²) in [7, 11) is -3.66. The number of benzene rings is 2. The molecule has 1 aliphatic rings. The van der Waals surface area contributed by atoms with E-state index in [1.165, 1.54) is 9.58 Å². The highest BCUT2D eigenvalue weighted by atomic mass is 35.5. The van der Waals surface area contributed by atoms with Crippen molar-refractivity contribution in [2.45, 2.75) is 23.5 Å². The van der Waals surface area contributed by atoms with Gasteiger partial charge < -0.3 is 10.0 Å². The molecule has 0 bridgehead atoms. The first-order valence-corrected chi connectivity index (χ1v) is 12.1. The number of nitrogens with one attached hydrogen (secondary N) is 1. The number of carbonyl (C=O) groups is 2. The van der Waals surface area contributed by atoms with Crippen LogP contribution in [-0.4, -0.2) is 48.2 Å². The number of rotatable bonds is 5. The van der Waals surface area contributed by atoms with Crippen molar-refractivity contribution in [2.75, 3.05) is 18.5 Å². The Morgan fingerprint density at radius 3 is 2.47 bits per heavy atom. The van der Waals surface area contributed by atoms with Crippen LogP contribution in [-0.2, 0) is 20.4 Å². The third kappa shape index (κ3) is 4.73. The first-order valence-electron chi connectivity index (χ1n) is 10.1. The van der Waals surface area contributed by atoms with E-state index in [2.05, 4.69) is 5.43 Å². The van der Waals surface area contributed by atoms with E-state index >= 15 is 0 Å². The minimum absolute atomic E-state index is 0.187. The maximum Gasteiger partial charge on any atom is 0.407 e. The standard InChI is InChI=1S/C22H22ClN3O5S/c23-18-5-3-17-13-20(6-4-16(17)12-18)32(30,31)14-19-2-1-9-26(19)24-21(27)15-7-10-25(11-8-15)22(28)29/h1-6,9,12-13,15H,7-8,10-11,14H2,(H,24,27)(H,28,29). The topological polar surface area (TPSA) is 109 Å². The second-order valence-electron chi connectivity index (χ2n) is 7.80. The molecule has 0 spiro atoms. The van der Waals surface area contributed by atoms with E-state index in [9.17, 15) is 18.0 Å². The van der Waals surface area contributed by atoms with Gasteiger partial charge >= 0.3 is 6.09 Å². The van der Waals surface area contributed by atoms with Crippen LogP contribution < -0.4 is 5.43 Å². The summed E-state index contributed by atoms with van der Waals surface area (Å²) in [4.78, 5) is 25.1. The largest absolute Gasteiger partial charge is 0.465 e. The van der Waals surface area contributed by atoms with Gasteiger partial charge in [0.25, 0.3) is 0 Å². The lowest BCUT2D eigenvalue weighted by Crippen LogP contribution is -2.42. The van der Waals surface area contributed by atoms with Crippen molar-refractivity contribution in [1.29, 1.82) is 0 Å². The average molecular weight is 476 g/mol. The molecule has 0 atom stereocenters. The molecule has 32 heavy (non-hydrogen) atoms. The van der Waals surface area contributed by atoms with Crippen LogP contribution in [0, 0.1) is 5.92 Å². The van der Waals surface area contributed by atoms with Crippen LogP contribution in [0.1, 0.15) is 18.5 Å². The number of fused-ring (bicyclic) bond motifs is 1. The van der Waals surface area contributed by atoms with E-state index in [0.29, 0.717) is 36.6 Å². The Balaban J connectivity index is 1.47. The summed E-state index contributed by atoms with van der Waals surface area (Å²) in [5.41, 5.74) is 3.18. The molecule has 1 saturated heterocycles. The van der Waals surface area contributed by atoms with Crippen LogP contribution in [0.25, 0.3) is 10.8 Å². The van der Waals surface area contributed by atoms with Crippen molar-refractivity contribution in [3.05, 3.63) is 65.4 Å². The van der Waals surface area contributed by atoms with E-state index in [4.69, 9.17) is 16.7 Å². The highest BCUT2D eigenvalue weighted by Gasteiger charge is 2.28. The zero-order chi connectivity index (χ0) is 22.9. The number of amides is 2. The summed E-state index contributed by atoms with van der Waals surface area (Å²) in [5.74, 6) is -0.867. The maximum absolute atomic E-state index is 13.0. The number of carbonyl (C=O) groups excluding carboxylic acids is 1. The van der Waals surface area contributed by atoms with Gasteiger partial charge in [-0.2, -0.15) is 0 Å². The molecule has 2 aromatic carbocycles. The van der Waals surface area contributed by atoms with E-state index < -0.39 is 15.9 Å². The number of hydrogen-bond donors (Lipinski definition) is 2. The van der Waals surface area contributed by atoms with Gasteiger partial charge in [0.1, 0.15) is 0 Å². The molecule has 0 aliphatic carbocycles. The van der Waals surface area contributed by atoms with Crippen LogP contribution in [0.3, 0.4) is 0 Å². The molecule has 1 fully saturated rings. The molecule has 1 aliphatic heterocycles. The molecule has 0 saturated carbocycles. The third-order valence-corrected chi connectivity index (χ3v) is 7.55. The molecular formula is C22H22ClN3O5S. The Morgan fingerprint density at radius 2 is 1.75 bits per heavy atom. The van der Waals surface area contributed by atoms with Crippen LogP contribution in [0.4, 0.5) is 4.79 Å². The lowest BCUT2D eigenvalue weighted by molar-refractivity contribution is -0.122. The van der Waals surface area contributed by atoms with Gasteiger partial charge in [0.2, 0.25) is 5.91 Å². The van der Waals surface area contributed by atoms with Gasteiger partial charge in [0.15, 0.2) is 9.84 Å². The molecule has 1 aromatic heterocycles. The Hall–Kier alpha value is -3.04. The van der Waals surface area contributed by atoms with Crippen LogP contribution in [0.2, 0.25) is 5.02 Å². The van der Waals surface area contributed by atoms with E-state index in [-0.39, 0.29) is 22.5 Å². The lowest BCUT2D eigenvalue weighted by Gasteiger charge is -2.29. The lowest BCUT2D eigenvalue weighted by atomic mass is 9.96. The van der Waals surface area contributed by atoms with Crippen LogP contribution in [0.5, 0.6) is 0 Å². The molecule has 4 rings (SSSR count). The monoisotopic (exact) mass is 475 g/mol. The van der Waals surface area contributed by atoms with Gasteiger partial charge in [-0.1, -0.05) is 23.7 Å². The molecule has 3 aromatic rings. The number of nitrogens with zero attached hydrogens (tertiary/aromatic N) is 2. The van der Waals surface area contributed by atoms with E-state index in [0.717, 1.165) is 10.8 Å².